The van der Waals surface area contributed by atoms with Crippen LogP contribution in [-0.2, 0) is 0 Å². The first-order valence-corrected chi connectivity index (χ1v) is 3.88. The summed E-state index contributed by atoms with van der Waals surface area (Å²) in [5.74, 6) is -3.12. The molecule has 0 saturated heterocycles. The summed E-state index contributed by atoms with van der Waals surface area (Å²) in [6.45, 7) is 0. The Morgan fingerprint density at radius 3 is 1.88 bits per heavy atom. The number of rotatable bonds is 1. The molecule has 0 N–H and O–H groups in total. The molecule has 0 aliphatic carbocycles. The lowest BCUT2D eigenvalue weighted by atomic mass is 10.1. The van der Waals surface area contributed by atoms with E-state index in [2.05, 4.69) is 6.42 Å². The van der Waals surface area contributed by atoms with Crippen molar-refractivity contribution in [2.45, 2.75) is 0 Å². The van der Waals surface area contributed by atoms with Crippen molar-refractivity contribution in [3.63, 3.8) is 0 Å². The highest BCUT2D eigenvalue weighted by Gasteiger charge is 2.32. The van der Waals surface area contributed by atoms with E-state index in [1.165, 1.54) is 0 Å². The molecule has 7 heteroatoms. The second-order valence-electron chi connectivity index (χ2n) is 2.63. The second kappa shape index (κ2) is 4.54. The summed E-state index contributed by atoms with van der Waals surface area (Å²) in [5, 5.41) is 10.2. The first kappa shape index (κ1) is 12.5. The fourth-order valence-corrected chi connectivity index (χ4v) is 0.989. The van der Waals surface area contributed by atoms with E-state index in [1.54, 1.807) is 17.8 Å². The maximum Gasteiger partial charge on any atom is 0.346 e. The van der Waals surface area contributed by atoms with Crippen LogP contribution in [0.4, 0.5) is 23.2 Å². The van der Waals surface area contributed by atoms with Crippen LogP contribution in [0.3, 0.4) is 0 Å². The maximum atomic E-state index is 13.1. The van der Waals surface area contributed by atoms with Crippen molar-refractivity contribution >= 4 is 5.69 Å². The zero-order valence-corrected chi connectivity index (χ0v) is 7.85. The number of benzene rings is 1. The molecule has 0 fully saturated rings. The van der Waals surface area contributed by atoms with Crippen LogP contribution in [-0.4, -0.2) is 4.92 Å². The Bertz CT molecular complexity index is 578. The summed E-state index contributed by atoms with van der Waals surface area (Å²) in [4.78, 5) is 8.62. The van der Waals surface area contributed by atoms with Crippen molar-refractivity contribution in [2.75, 3.05) is 0 Å². The standard InChI is InChI=1S/C10HF4NO2/c1-2-3-4-5-6(11)8(13)10(15(16)17)9(14)7(5)12/h1H. The first-order valence-electron chi connectivity index (χ1n) is 3.88. The Morgan fingerprint density at radius 2 is 1.53 bits per heavy atom. The van der Waals surface area contributed by atoms with Crippen LogP contribution < -0.4 is 0 Å². The first-order chi connectivity index (χ1) is 7.91. The molecule has 86 valence electrons. The molecule has 0 aliphatic heterocycles. The van der Waals surface area contributed by atoms with Gasteiger partial charge >= 0.3 is 5.69 Å². The van der Waals surface area contributed by atoms with E-state index in [0.717, 1.165) is 0 Å². The fraction of sp³-hybridized carbons (Fsp3) is 0. The number of nitro benzene ring substituents is 1. The molecule has 3 nitrogen and oxygen atoms in total. The number of terminal acetylenes is 1. The molecule has 1 aromatic rings. The summed E-state index contributed by atoms with van der Waals surface area (Å²) in [7, 11) is 0. The van der Waals surface area contributed by atoms with Crippen LogP contribution in [0.25, 0.3) is 0 Å². The number of halogens is 4. The van der Waals surface area contributed by atoms with Crippen molar-refractivity contribution in [3.05, 3.63) is 38.9 Å². The predicted octanol–water partition coefficient (Wildman–Crippen LogP) is 2.14. The van der Waals surface area contributed by atoms with Gasteiger partial charge in [0.15, 0.2) is 11.6 Å². The molecule has 0 unspecified atom stereocenters. The lowest BCUT2D eigenvalue weighted by Crippen LogP contribution is -2.06. The van der Waals surface area contributed by atoms with Gasteiger partial charge in [0.25, 0.3) is 0 Å². The van der Waals surface area contributed by atoms with Crippen molar-refractivity contribution < 1.29 is 22.5 Å². The van der Waals surface area contributed by atoms with Crippen LogP contribution in [0.2, 0.25) is 0 Å². The van der Waals surface area contributed by atoms with E-state index in [9.17, 15) is 27.7 Å². The van der Waals surface area contributed by atoms with Gasteiger partial charge in [-0.05, 0) is 17.8 Å². The van der Waals surface area contributed by atoms with Crippen LogP contribution in [0.5, 0.6) is 0 Å². The van der Waals surface area contributed by atoms with Gasteiger partial charge in [-0.25, -0.2) is 8.78 Å². The quantitative estimate of drug-likeness (QED) is 0.249. The monoisotopic (exact) mass is 243 g/mol. The van der Waals surface area contributed by atoms with Crippen molar-refractivity contribution in [1.82, 2.24) is 0 Å². The average molecular weight is 243 g/mol. The van der Waals surface area contributed by atoms with E-state index in [0.29, 0.717) is 0 Å². The minimum absolute atomic E-state index is 1.29. The van der Waals surface area contributed by atoms with Crippen molar-refractivity contribution in [2.24, 2.45) is 0 Å². The smallest absolute Gasteiger partial charge is 0.258 e. The maximum absolute atomic E-state index is 13.1. The molecule has 0 saturated carbocycles. The molecule has 0 atom stereocenters. The number of hydrogen-bond donors (Lipinski definition) is 0. The molecule has 0 aliphatic rings. The van der Waals surface area contributed by atoms with Crippen LogP contribution in [0, 0.1) is 57.6 Å². The molecule has 0 radical (unpaired) electrons. The predicted molar refractivity (Wildman–Crippen MR) is 48.6 cm³/mol. The van der Waals surface area contributed by atoms with Gasteiger partial charge in [0.2, 0.25) is 11.6 Å². The third-order valence-electron chi connectivity index (χ3n) is 1.68. The third-order valence-corrected chi connectivity index (χ3v) is 1.68. The Morgan fingerprint density at radius 1 is 1.06 bits per heavy atom. The molecule has 17 heavy (non-hydrogen) atoms. The minimum Gasteiger partial charge on any atom is -0.258 e. The Hall–Kier alpha value is -2.54. The largest absolute Gasteiger partial charge is 0.346 e. The molecule has 1 aromatic carbocycles. The highest BCUT2D eigenvalue weighted by atomic mass is 19.2. The summed E-state index contributed by atoms with van der Waals surface area (Å²) in [6.07, 6.45) is 4.67. The van der Waals surface area contributed by atoms with Gasteiger partial charge in [-0.1, -0.05) is 0 Å². The Labute approximate surface area is 92.2 Å². The third kappa shape index (κ3) is 2.04. The fourth-order valence-electron chi connectivity index (χ4n) is 0.989. The molecular weight excluding hydrogens is 242 g/mol. The Kier molecular flexibility index (Phi) is 3.34. The molecule has 0 spiro atoms. The van der Waals surface area contributed by atoms with E-state index >= 15 is 0 Å². The molecule has 0 amide bonds. The minimum atomic E-state index is -2.13. The molecule has 0 aromatic heterocycles. The molecule has 0 bridgehead atoms. The van der Waals surface area contributed by atoms with Gasteiger partial charge in [-0.15, -0.1) is 6.42 Å². The lowest BCUT2D eigenvalue weighted by Gasteiger charge is -2.01. The normalized spacial score (nSPS) is 9.12. The van der Waals surface area contributed by atoms with E-state index < -0.39 is 39.4 Å². The summed E-state index contributed by atoms with van der Waals surface area (Å²) < 4.78 is 52.3. The zero-order valence-electron chi connectivity index (χ0n) is 7.85. The second-order valence-corrected chi connectivity index (χ2v) is 2.63. The van der Waals surface area contributed by atoms with Gasteiger partial charge in [0.05, 0.1) is 4.92 Å². The van der Waals surface area contributed by atoms with Gasteiger partial charge in [0.1, 0.15) is 5.56 Å². The lowest BCUT2D eigenvalue weighted by molar-refractivity contribution is -0.390. The van der Waals surface area contributed by atoms with E-state index in [-0.39, 0.29) is 0 Å². The SMILES string of the molecule is C#CC#Cc1c(F)c(F)c([N+](=O)[O-])c(F)c1F. The number of hydrogen-bond acceptors (Lipinski definition) is 2. The highest BCUT2D eigenvalue weighted by Crippen LogP contribution is 2.29. The summed E-state index contributed by atoms with van der Waals surface area (Å²) >= 11 is 0. The molecule has 1 rings (SSSR count). The van der Waals surface area contributed by atoms with Crippen LogP contribution >= 0.6 is 0 Å². The topological polar surface area (TPSA) is 43.1 Å². The summed E-state index contributed by atoms with van der Waals surface area (Å²) in [5.41, 5.74) is -3.20. The van der Waals surface area contributed by atoms with E-state index in [1.807, 2.05) is 0 Å². The average Bonchev–Trinajstić information content (AvgIpc) is 2.26. The van der Waals surface area contributed by atoms with Crippen LogP contribution in [0.1, 0.15) is 5.56 Å². The zero-order chi connectivity index (χ0) is 13.2. The van der Waals surface area contributed by atoms with E-state index in [4.69, 9.17) is 0 Å². The summed E-state index contributed by atoms with van der Waals surface area (Å²) in [6, 6.07) is 0. The van der Waals surface area contributed by atoms with Gasteiger partial charge in [-0.3, -0.25) is 10.1 Å². The molecule has 0 heterocycles. The van der Waals surface area contributed by atoms with Gasteiger partial charge in [0, 0.05) is 0 Å². The number of nitro groups is 1. The van der Waals surface area contributed by atoms with Gasteiger partial charge < -0.3 is 0 Å². The number of nitrogens with zero attached hydrogens (tertiary/aromatic N) is 1. The van der Waals surface area contributed by atoms with Crippen molar-refractivity contribution in [1.29, 1.82) is 0 Å². The molecular formula is C10HF4NO2. The van der Waals surface area contributed by atoms with Crippen LogP contribution in [0.15, 0.2) is 0 Å². The Balaban J connectivity index is 3.71. The van der Waals surface area contributed by atoms with Crippen molar-refractivity contribution in [3.8, 4) is 24.2 Å². The van der Waals surface area contributed by atoms with Gasteiger partial charge in [-0.2, -0.15) is 8.78 Å². The highest BCUT2D eigenvalue weighted by molar-refractivity contribution is 5.48.